The van der Waals surface area contributed by atoms with E-state index in [2.05, 4.69) is 58.0 Å². The molecule has 3 heterocycles. The topological polar surface area (TPSA) is 72.2 Å². The van der Waals surface area contributed by atoms with Crippen molar-refractivity contribution in [2.24, 2.45) is 0 Å². The van der Waals surface area contributed by atoms with E-state index in [0.29, 0.717) is 0 Å². The van der Waals surface area contributed by atoms with E-state index < -0.39 is 5.54 Å². The van der Waals surface area contributed by atoms with Crippen LogP contribution in [0.2, 0.25) is 0 Å². The van der Waals surface area contributed by atoms with Crippen molar-refractivity contribution in [1.29, 1.82) is 0 Å². The fraction of sp³-hybridized carbons (Fsp3) is 0.185. The van der Waals surface area contributed by atoms with Crippen LogP contribution in [0.15, 0.2) is 72.9 Å². The summed E-state index contributed by atoms with van der Waals surface area (Å²) in [5.74, 6) is 0.788. The number of benzene rings is 2. The van der Waals surface area contributed by atoms with Gasteiger partial charge in [-0.3, -0.25) is 9.20 Å². The molecule has 6 heteroatoms. The van der Waals surface area contributed by atoms with Crippen LogP contribution in [-0.4, -0.2) is 25.5 Å². The van der Waals surface area contributed by atoms with Crippen LogP contribution in [-0.2, 0) is 10.3 Å². The molecular weight excluding hydrogens is 410 g/mol. The summed E-state index contributed by atoms with van der Waals surface area (Å²) in [6.45, 7) is 7.47. The smallest absolute Gasteiger partial charge is 0.217 e. The second kappa shape index (κ2) is 7.81. The second-order valence-corrected chi connectivity index (χ2v) is 8.82. The van der Waals surface area contributed by atoms with E-state index in [4.69, 9.17) is 4.98 Å². The second-order valence-electron chi connectivity index (χ2n) is 8.82. The number of carbonyl (C=O) groups is 1. The average molecular weight is 436 g/mol. The van der Waals surface area contributed by atoms with Crippen LogP contribution in [0, 0.1) is 6.92 Å². The molecule has 1 amide bonds. The lowest BCUT2D eigenvalue weighted by Crippen LogP contribution is -2.39. The van der Waals surface area contributed by atoms with Crippen molar-refractivity contribution in [3.05, 3.63) is 84.3 Å². The Bertz CT molecular complexity index is 1480. The van der Waals surface area contributed by atoms with E-state index in [9.17, 15) is 4.79 Å². The third-order valence-electron chi connectivity index (χ3n) is 5.99. The highest BCUT2D eigenvalue weighted by Gasteiger charge is 2.22. The molecule has 0 saturated carbocycles. The SMILES string of the molecule is CC(=O)NC(C)(C)c1ccc(-c2nc3ccn4c(C)nnc4c3cc2-c2ccccc2)cc1. The van der Waals surface area contributed by atoms with Gasteiger partial charge in [0.2, 0.25) is 5.91 Å². The van der Waals surface area contributed by atoms with Gasteiger partial charge in [-0.25, -0.2) is 4.98 Å². The molecule has 0 atom stereocenters. The standard InChI is InChI=1S/C27H25N5O/c1-17-30-31-26-23-16-22(19-8-6-5-7-9-19)25(28-24(23)14-15-32(17)26)20-10-12-21(13-11-20)27(3,4)29-18(2)33/h5-16H,1-4H3,(H,29,33). The number of aromatic nitrogens is 4. The maximum absolute atomic E-state index is 11.6. The van der Waals surface area contributed by atoms with Crippen molar-refractivity contribution < 1.29 is 4.79 Å². The van der Waals surface area contributed by atoms with Crippen molar-refractivity contribution in [1.82, 2.24) is 24.9 Å². The van der Waals surface area contributed by atoms with Gasteiger partial charge in [-0.2, -0.15) is 0 Å². The molecule has 1 N–H and O–H groups in total. The predicted molar refractivity (Wildman–Crippen MR) is 131 cm³/mol. The molecule has 0 unspecified atom stereocenters. The third kappa shape index (κ3) is 3.74. The van der Waals surface area contributed by atoms with Crippen molar-refractivity contribution in [3.63, 3.8) is 0 Å². The zero-order chi connectivity index (χ0) is 23.2. The zero-order valence-electron chi connectivity index (χ0n) is 19.1. The maximum atomic E-state index is 11.6. The number of fused-ring (bicyclic) bond motifs is 3. The van der Waals surface area contributed by atoms with E-state index in [-0.39, 0.29) is 5.91 Å². The van der Waals surface area contributed by atoms with Gasteiger partial charge in [0.25, 0.3) is 0 Å². The van der Waals surface area contributed by atoms with Gasteiger partial charge in [0.05, 0.1) is 16.7 Å². The molecule has 33 heavy (non-hydrogen) atoms. The molecule has 3 aromatic heterocycles. The van der Waals surface area contributed by atoms with Gasteiger partial charge in [-0.1, -0.05) is 54.6 Å². The largest absolute Gasteiger partial charge is 0.347 e. The van der Waals surface area contributed by atoms with Crippen molar-refractivity contribution in [2.75, 3.05) is 0 Å². The molecule has 0 aliphatic heterocycles. The summed E-state index contributed by atoms with van der Waals surface area (Å²) in [6.07, 6.45) is 1.96. The number of hydrogen-bond acceptors (Lipinski definition) is 4. The Labute approximate surface area is 192 Å². The first-order chi connectivity index (χ1) is 15.8. The minimum absolute atomic E-state index is 0.0540. The highest BCUT2D eigenvalue weighted by atomic mass is 16.1. The van der Waals surface area contributed by atoms with Gasteiger partial charge in [0, 0.05) is 29.6 Å². The number of carbonyl (C=O) groups excluding carboxylic acids is 1. The summed E-state index contributed by atoms with van der Waals surface area (Å²) in [4.78, 5) is 16.7. The highest BCUT2D eigenvalue weighted by molar-refractivity contribution is 5.98. The van der Waals surface area contributed by atoms with E-state index in [1.807, 2.05) is 55.6 Å². The summed E-state index contributed by atoms with van der Waals surface area (Å²) in [5.41, 5.74) is 6.27. The van der Waals surface area contributed by atoms with Gasteiger partial charge in [0.15, 0.2) is 5.65 Å². The molecule has 6 nitrogen and oxygen atoms in total. The number of nitrogens with one attached hydrogen (secondary N) is 1. The fourth-order valence-corrected chi connectivity index (χ4v) is 4.33. The average Bonchev–Trinajstić information content (AvgIpc) is 3.19. The van der Waals surface area contributed by atoms with E-state index >= 15 is 0 Å². The molecule has 0 aliphatic carbocycles. The number of nitrogens with zero attached hydrogens (tertiary/aromatic N) is 4. The molecule has 5 rings (SSSR count). The first-order valence-electron chi connectivity index (χ1n) is 10.9. The van der Waals surface area contributed by atoms with Crippen LogP contribution in [0.3, 0.4) is 0 Å². The number of amides is 1. The minimum Gasteiger partial charge on any atom is -0.347 e. The monoisotopic (exact) mass is 435 g/mol. The molecule has 5 aromatic rings. The van der Waals surface area contributed by atoms with Gasteiger partial charge in [-0.05, 0) is 44.0 Å². The summed E-state index contributed by atoms with van der Waals surface area (Å²) < 4.78 is 1.98. The van der Waals surface area contributed by atoms with Crippen LogP contribution in [0.25, 0.3) is 38.9 Å². The Morgan fingerprint density at radius 2 is 1.67 bits per heavy atom. The van der Waals surface area contributed by atoms with Crippen molar-refractivity contribution in [3.8, 4) is 22.4 Å². The van der Waals surface area contributed by atoms with E-state index in [1.54, 1.807) is 0 Å². The zero-order valence-corrected chi connectivity index (χ0v) is 19.1. The van der Waals surface area contributed by atoms with Crippen LogP contribution in [0.1, 0.15) is 32.2 Å². The Balaban J connectivity index is 1.70. The lowest BCUT2D eigenvalue weighted by Gasteiger charge is -2.26. The molecule has 0 fully saturated rings. The van der Waals surface area contributed by atoms with Crippen LogP contribution < -0.4 is 5.32 Å². The summed E-state index contributed by atoms with van der Waals surface area (Å²) >= 11 is 0. The van der Waals surface area contributed by atoms with Crippen LogP contribution in [0.5, 0.6) is 0 Å². The van der Waals surface area contributed by atoms with E-state index in [1.165, 1.54) is 6.92 Å². The van der Waals surface area contributed by atoms with Crippen LogP contribution >= 0.6 is 0 Å². The molecule has 0 spiro atoms. The Morgan fingerprint density at radius 1 is 0.939 bits per heavy atom. The quantitative estimate of drug-likeness (QED) is 0.416. The number of pyridine rings is 2. The molecule has 0 bridgehead atoms. The Kier molecular flexibility index (Phi) is 4.93. The molecule has 0 aliphatic rings. The summed E-state index contributed by atoms with van der Waals surface area (Å²) in [6, 6.07) is 22.7. The lowest BCUT2D eigenvalue weighted by atomic mass is 9.91. The van der Waals surface area contributed by atoms with Gasteiger partial charge in [-0.15, -0.1) is 10.2 Å². The molecule has 164 valence electrons. The molecule has 2 aromatic carbocycles. The summed E-state index contributed by atoms with van der Waals surface area (Å²) in [5, 5.41) is 12.6. The van der Waals surface area contributed by atoms with Crippen molar-refractivity contribution in [2.45, 2.75) is 33.2 Å². The van der Waals surface area contributed by atoms with Crippen LogP contribution in [0.4, 0.5) is 0 Å². The number of hydrogen-bond donors (Lipinski definition) is 1. The first-order valence-corrected chi connectivity index (χ1v) is 10.9. The van der Waals surface area contributed by atoms with Gasteiger partial charge in [0.1, 0.15) is 5.82 Å². The minimum atomic E-state index is -0.458. The third-order valence-corrected chi connectivity index (χ3v) is 5.99. The maximum Gasteiger partial charge on any atom is 0.217 e. The highest BCUT2D eigenvalue weighted by Crippen LogP contribution is 2.35. The molecule has 0 radical (unpaired) electrons. The van der Waals surface area contributed by atoms with Gasteiger partial charge < -0.3 is 5.32 Å². The van der Waals surface area contributed by atoms with Gasteiger partial charge >= 0.3 is 0 Å². The predicted octanol–water partition coefficient (Wildman–Crippen LogP) is 5.29. The summed E-state index contributed by atoms with van der Waals surface area (Å²) in [7, 11) is 0. The molecular formula is C27H25N5O. The molecule has 0 saturated heterocycles. The Hall–Kier alpha value is -4.06. The van der Waals surface area contributed by atoms with E-state index in [0.717, 1.165) is 50.3 Å². The number of aryl methyl sites for hydroxylation is 1. The normalized spacial score (nSPS) is 11.8. The lowest BCUT2D eigenvalue weighted by molar-refractivity contribution is -0.120. The first kappa shape index (κ1) is 20.8. The fourth-order valence-electron chi connectivity index (χ4n) is 4.33. The van der Waals surface area contributed by atoms with Crippen molar-refractivity contribution >= 4 is 22.5 Å². The Morgan fingerprint density at radius 3 is 2.36 bits per heavy atom. The number of rotatable bonds is 4.